The molecular weight excluding hydrogens is 298 g/mol. The Bertz CT molecular complexity index is 557. The average molecular weight is 321 g/mol. The van der Waals surface area contributed by atoms with Crippen LogP contribution in [-0.4, -0.2) is 33.9 Å². The van der Waals surface area contributed by atoms with E-state index in [9.17, 15) is 14.4 Å². The van der Waals surface area contributed by atoms with Crippen LogP contribution in [0.2, 0.25) is 0 Å². The summed E-state index contributed by atoms with van der Waals surface area (Å²) < 4.78 is 0. The number of rotatable bonds is 8. The predicted molar refractivity (Wildman–Crippen MR) is 86.4 cm³/mol. The zero-order chi connectivity index (χ0) is 17.4. The van der Waals surface area contributed by atoms with Gasteiger partial charge in [-0.25, -0.2) is 9.78 Å². The molecule has 1 aromatic rings. The molecule has 2 amide bonds. The molecule has 1 heterocycles. The maximum absolute atomic E-state index is 12.1. The summed E-state index contributed by atoms with van der Waals surface area (Å²) in [7, 11) is 0. The second-order valence-corrected chi connectivity index (χ2v) is 5.56. The van der Waals surface area contributed by atoms with Crippen LogP contribution in [0.25, 0.3) is 0 Å². The van der Waals surface area contributed by atoms with Crippen LogP contribution in [0.15, 0.2) is 18.3 Å². The SMILES string of the molecule is CCCC(NC(=O)O)C(=O)Nc1ccc(C(C)CC(C)=O)cn1. The lowest BCUT2D eigenvalue weighted by molar-refractivity contribution is -0.118. The second kappa shape index (κ2) is 8.87. The molecule has 0 fully saturated rings. The van der Waals surface area contributed by atoms with E-state index in [0.717, 1.165) is 5.56 Å². The fourth-order valence-electron chi connectivity index (χ4n) is 2.24. The van der Waals surface area contributed by atoms with Crippen LogP contribution in [0.5, 0.6) is 0 Å². The van der Waals surface area contributed by atoms with Gasteiger partial charge in [-0.2, -0.15) is 0 Å². The number of amides is 2. The number of nitrogens with zero attached hydrogens (tertiary/aromatic N) is 1. The van der Waals surface area contributed by atoms with Crippen molar-refractivity contribution in [3.63, 3.8) is 0 Å². The molecule has 2 atom stereocenters. The molecule has 0 spiro atoms. The number of carbonyl (C=O) groups is 3. The molecule has 3 N–H and O–H groups in total. The van der Waals surface area contributed by atoms with Gasteiger partial charge < -0.3 is 20.5 Å². The van der Waals surface area contributed by atoms with Crippen LogP contribution in [-0.2, 0) is 9.59 Å². The van der Waals surface area contributed by atoms with Gasteiger partial charge in [-0.1, -0.05) is 26.3 Å². The highest BCUT2D eigenvalue weighted by atomic mass is 16.4. The second-order valence-electron chi connectivity index (χ2n) is 5.56. The molecule has 0 radical (unpaired) electrons. The van der Waals surface area contributed by atoms with Gasteiger partial charge in [0.05, 0.1) is 0 Å². The summed E-state index contributed by atoms with van der Waals surface area (Å²) in [6.45, 7) is 5.35. The highest BCUT2D eigenvalue weighted by molar-refractivity contribution is 5.95. The number of Topliss-reactive ketones (excluding diaryl/α,β-unsaturated/α-hetero) is 1. The third-order valence-electron chi connectivity index (χ3n) is 3.39. The first-order valence-corrected chi connectivity index (χ1v) is 7.59. The van der Waals surface area contributed by atoms with Crippen molar-refractivity contribution in [2.24, 2.45) is 0 Å². The van der Waals surface area contributed by atoms with Crippen molar-refractivity contribution >= 4 is 23.6 Å². The van der Waals surface area contributed by atoms with Crippen molar-refractivity contribution in [2.75, 3.05) is 5.32 Å². The number of aromatic nitrogens is 1. The molecule has 126 valence electrons. The van der Waals surface area contributed by atoms with E-state index in [1.165, 1.54) is 0 Å². The summed E-state index contributed by atoms with van der Waals surface area (Å²) in [4.78, 5) is 38.1. The Labute approximate surface area is 135 Å². The number of carbonyl (C=O) groups excluding carboxylic acids is 2. The van der Waals surface area contributed by atoms with Gasteiger partial charge in [-0.15, -0.1) is 0 Å². The molecule has 0 saturated carbocycles. The molecule has 7 heteroatoms. The van der Waals surface area contributed by atoms with E-state index in [1.54, 1.807) is 25.3 Å². The zero-order valence-electron chi connectivity index (χ0n) is 13.6. The molecular formula is C16H23N3O4. The quantitative estimate of drug-likeness (QED) is 0.682. The molecule has 1 aromatic heterocycles. The van der Waals surface area contributed by atoms with Gasteiger partial charge in [-0.3, -0.25) is 4.79 Å². The van der Waals surface area contributed by atoms with E-state index in [4.69, 9.17) is 5.11 Å². The van der Waals surface area contributed by atoms with E-state index in [2.05, 4.69) is 15.6 Å². The summed E-state index contributed by atoms with van der Waals surface area (Å²) in [6.07, 6.45) is 1.90. The van der Waals surface area contributed by atoms with Gasteiger partial charge >= 0.3 is 6.09 Å². The first-order valence-electron chi connectivity index (χ1n) is 7.59. The third-order valence-corrected chi connectivity index (χ3v) is 3.39. The Morgan fingerprint density at radius 3 is 2.48 bits per heavy atom. The largest absolute Gasteiger partial charge is 0.465 e. The van der Waals surface area contributed by atoms with Crippen LogP contribution in [0.4, 0.5) is 10.6 Å². The van der Waals surface area contributed by atoms with Gasteiger partial charge in [0, 0.05) is 12.6 Å². The van der Waals surface area contributed by atoms with E-state index < -0.39 is 18.0 Å². The van der Waals surface area contributed by atoms with E-state index in [0.29, 0.717) is 25.1 Å². The Hall–Kier alpha value is -2.44. The van der Waals surface area contributed by atoms with Gasteiger partial charge in [0.1, 0.15) is 17.6 Å². The molecule has 0 saturated heterocycles. The van der Waals surface area contributed by atoms with Gasteiger partial charge in [0.25, 0.3) is 0 Å². The minimum absolute atomic E-state index is 0.0614. The van der Waals surface area contributed by atoms with Gasteiger partial charge in [0.15, 0.2) is 0 Å². The predicted octanol–water partition coefficient (Wildman–Crippen LogP) is 2.54. The summed E-state index contributed by atoms with van der Waals surface area (Å²) in [5, 5.41) is 13.5. The van der Waals surface area contributed by atoms with Crippen molar-refractivity contribution in [3.8, 4) is 0 Å². The number of pyridine rings is 1. The lowest BCUT2D eigenvalue weighted by Crippen LogP contribution is -2.43. The first kappa shape index (κ1) is 18.6. The smallest absolute Gasteiger partial charge is 0.405 e. The average Bonchev–Trinajstić information content (AvgIpc) is 2.46. The van der Waals surface area contributed by atoms with Crippen LogP contribution in [0.3, 0.4) is 0 Å². The Balaban J connectivity index is 2.70. The Kier molecular flexibility index (Phi) is 7.18. The fraction of sp³-hybridized carbons (Fsp3) is 0.500. The first-order chi connectivity index (χ1) is 10.8. The molecule has 0 aliphatic rings. The summed E-state index contributed by atoms with van der Waals surface area (Å²) in [5.41, 5.74) is 0.909. The summed E-state index contributed by atoms with van der Waals surface area (Å²) >= 11 is 0. The highest BCUT2D eigenvalue weighted by Gasteiger charge is 2.20. The minimum atomic E-state index is -1.24. The molecule has 0 aliphatic heterocycles. The zero-order valence-corrected chi connectivity index (χ0v) is 13.6. The number of carboxylic acid groups (broad SMARTS) is 1. The topological polar surface area (TPSA) is 108 Å². The van der Waals surface area contributed by atoms with Gasteiger partial charge in [-0.05, 0) is 30.9 Å². The summed E-state index contributed by atoms with van der Waals surface area (Å²) in [5.74, 6) is 0.0802. The number of hydrogen-bond acceptors (Lipinski definition) is 4. The number of hydrogen-bond donors (Lipinski definition) is 3. The van der Waals surface area contributed by atoms with E-state index >= 15 is 0 Å². The molecule has 0 aromatic carbocycles. The maximum Gasteiger partial charge on any atom is 0.405 e. The third kappa shape index (κ3) is 6.46. The van der Waals surface area contributed by atoms with Gasteiger partial charge in [0.2, 0.25) is 5.91 Å². The van der Waals surface area contributed by atoms with Crippen LogP contribution >= 0.6 is 0 Å². The monoisotopic (exact) mass is 321 g/mol. The molecule has 0 bridgehead atoms. The van der Waals surface area contributed by atoms with E-state index in [-0.39, 0.29) is 11.7 Å². The van der Waals surface area contributed by atoms with E-state index in [1.807, 2.05) is 13.8 Å². The molecule has 0 aliphatic carbocycles. The van der Waals surface area contributed by atoms with Crippen molar-refractivity contribution in [2.45, 2.75) is 52.0 Å². The maximum atomic E-state index is 12.1. The van der Waals surface area contributed by atoms with Crippen molar-refractivity contribution in [3.05, 3.63) is 23.9 Å². The van der Waals surface area contributed by atoms with Crippen molar-refractivity contribution in [1.82, 2.24) is 10.3 Å². The van der Waals surface area contributed by atoms with Crippen LogP contribution in [0, 0.1) is 0 Å². The van der Waals surface area contributed by atoms with Crippen LogP contribution in [0.1, 0.15) is 51.5 Å². The molecule has 1 rings (SSSR count). The molecule has 23 heavy (non-hydrogen) atoms. The Morgan fingerprint density at radius 1 is 1.30 bits per heavy atom. The minimum Gasteiger partial charge on any atom is -0.465 e. The number of nitrogens with one attached hydrogen (secondary N) is 2. The summed E-state index contributed by atoms with van der Waals surface area (Å²) in [6, 6.07) is 2.64. The Morgan fingerprint density at radius 2 is 2.00 bits per heavy atom. The lowest BCUT2D eigenvalue weighted by atomic mass is 9.98. The molecule has 2 unspecified atom stereocenters. The number of anilines is 1. The van der Waals surface area contributed by atoms with Crippen molar-refractivity contribution in [1.29, 1.82) is 0 Å². The van der Waals surface area contributed by atoms with Crippen LogP contribution < -0.4 is 10.6 Å². The highest BCUT2D eigenvalue weighted by Crippen LogP contribution is 2.19. The lowest BCUT2D eigenvalue weighted by Gasteiger charge is -2.16. The fourth-order valence-corrected chi connectivity index (χ4v) is 2.24. The molecule has 7 nitrogen and oxygen atoms in total. The number of ketones is 1. The standard InChI is InChI=1S/C16H23N3O4/c1-4-5-13(18-16(22)23)15(21)19-14-7-6-12(9-17-14)10(2)8-11(3)20/h6-7,9-10,13,18H,4-5,8H2,1-3H3,(H,22,23)(H,17,19,21). The normalized spacial score (nSPS) is 13.0. The van der Waals surface area contributed by atoms with Crippen molar-refractivity contribution < 1.29 is 19.5 Å².